The first-order valence-corrected chi connectivity index (χ1v) is 8.52. The zero-order valence-corrected chi connectivity index (χ0v) is 14.2. The second-order valence-corrected chi connectivity index (χ2v) is 6.14. The molecule has 0 radical (unpaired) electrons. The van der Waals surface area contributed by atoms with Crippen molar-refractivity contribution in [2.75, 3.05) is 11.9 Å². The number of hydrogen-bond donors (Lipinski definition) is 2. The normalized spacial score (nSPS) is 14.0. The molecule has 136 valence electrons. The number of anilines is 1. The van der Waals surface area contributed by atoms with E-state index >= 15 is 0 Å². The smallest absolute Gasteiger partial charge is 0.341 e. The van der Waals surface area contributed by atoms with Gasteiger partial charge in [-0.25, -0.2) is 4.79 Å². The predicted molar refractivity (Wildman–Crippen MR) is 93.8 cm³/mol. The Labute approximate surface area is 150 Å². The van der Waals surface area contributed by atoms with E-state index in [-0.39, 0.29) is 17.5 Å². The molecule has 0 spiro atoms. The standard InChI is InChI=1S/C19H20N2O5/c22-17(12-26-19(24)13-9-10-25-11-13)21-16-8-4-3-7-15(16)18(23)20-14-5-1-2-6-14/h3-4,7-11,14H,1-2,5-6,12H2,(H,20,23)(H,21,22). The fraction of sp³-hybridized carbons (Fsp3) is 0.316. The van der Waals surface area contributed by atoms with Crippen LogP contribution < -0.4 is 10.6 Å². The molecule has 2 amide bonds. The molecule has 1 aromatic heterocycles. The lowest BCUT2D eigenvalue weighted by molar-refractivity contribution is -0.119. The van der Waals surface area contributed by atoms with E-state index in [4.69, 9.17) is 9.15 Å². The van der Waals surface area contributed by atoms with E-state index in [0.29, 0.717) is 11.3 Å². The molecule has 2 N–H and O–H groups in total. The number of amides is 2. The number of benzene rings is 1. The Bertz CT molecular complexity index is 779. The van der Waals surface area contributed by atoms with E-state index in [9.17, 15) is 14.4 Å². The van der Waals surface area contributed by atoms with Gasteiger partial charge in [0.1, 0.15) is 6.26 Å². The molecule has 1 aliphatic rings. The average molecular weight is 356 g/mol. The number of hydrogen-bond acceptors (Lipinski definition) is 5. The summed E-state index contributed by atoms with van der Waals surface area (Å²) in [4.78, 5) is 36.2. The minimum absolute atomic E-state index is 0.183. The highest BCUT2D eigenvalue weighted by molar-refractivity contribution is 6.04. The molecule has 7 heteroatoms. The molecule has 0 aliphatic heterocycles. The molecule has 0 bridgehead atoms. The van der Waals surface area contributed by atoms with Crippen molar-refractivity contribution in [1.29, 1.82) is 0 Å². The Kier molecular flexibility index (Phi) is 5.68. The number of rotatable bonds is 6. The van der Waals surface area contributed by atoms with Crippen LogP contribution >= 0.6 is 0 Å². The lowest BCUT2D eigenvalue weighted by Gasteiger charge is -2.15. The highest BCUT2D eigenvalue weighted by atomic mass is 16.5. The van der Waals surface area contributed by atoms with E-state index in [0.717, 1.165) is 25.7 Å². The summed E-state index contributed by atoms with van der Waals surface area (Å²) in [6, 6.07) is 8.37. The maximum atomic E-state index is 12.5. The summed E-state index contributed by atoms with van der Waals surface area (Å²) in [5.74, 6) is -1.40. The number of carbonyl (C=O) groups excluding carboxylic acids is 3. The Morgan fingerprint density at radius 1 is 1.12 bits per heavy atom. The number of esters is 1. The summed E-state index contributed by atoms with van der Waals surface area (Å²) in [7, 11) is 0. The number of furan rings is 1. The molecule has 1 fully saturated rings. The number of carbonyl (C=O) groups is 3. The average Bonchev–Trinajstić information content (AvgIpc) is 3.34. The molecule has 7 nitrogen and oxygen atoms in total. The maximum absolute atomic E-state index is 12.5. The third-order valence-corrected chi connectivity index (χ3v) is 4.23. The SMILES string of the molecule is O=C(COC(=O)c1ccoc1)Nc1ccccc1C(=O)NC1CCCC1. The summed E-state index contributed by atoms with van der Waals surface area (Å²) in [6.45, 7) is -0.456. The van der Waals surface area contributed by atoms with Crippen molar-refractivity contribution in [3.63, 3.8) is 0 Å². The first kappa shape index (κ1) is 17.7. The summed E-state index contributed by atoms with van der Waals surface area (Å²) >= 11 is 0. The molecule has 0 saturated heterocycles. The van der Waals surface area contributed by atoms with Crippen LogP contribution in [0, 0.1) is 0 Å². The molecule has 0 atom stereocenters. The van der Waals surface area contributed by atoms with E-state index in [2.05, 4.69) is 10.6 Å². The topological polar surface area (TPSA) is 97.6 Å². The largest absolute Gasteiger partial charge is 0.472 e. The van der Waals surface area contributed by atoms with Crippen molar-refractivity contribution in [3.8, 4) is 0 Å². The highest BCUT2D eigenvalue weighted by Gasteiger charge is 2.20. The van der Waals surface area contributed by atoms with Crippen LogP contribution in [0.25, 0.3) is 0 Å². The van der Waals surface area contributed by atoms with Gasteiger partial charge in [0.25, 0.3) is 11.8 Å². The van der Waals surface area contributed by atoms with Crippen molar-refractivity contribution >= 4 is 23.5 Å². The van der Waals surface area contributed by atoms with Crippen LogP contribution in [0.5, 0.6) is 0 Å². The number of nitrogens with one attached hydrogen (secondary N) is 2. The van der Waals surface area contributed by atoms with Crippen molar-refractivity contribution < 1.29 is 23.5 Å². The van der Waals surface area contributed by atoms with E-state index < -0.39 is 18.5 Å². The van der Waals surface area contributed by atoms with E-state index in [1.54, 1.807) is 24.3 Å². The number of para-hydroxylation sites is 1. The van der Waals surface area contributed by atoms with Gasteiger partial charge in [-0.2, -0.15) is 0 Å². The summed E-state index contributed by atoms with van der Waals surface area (Å²) in [5, 5.41) is 5.61. The zero-order valence-electron chi connectivity index (χ0n) is 14.2. The Morgan fingerprint density at radius 2 is 1.88 bits per heavy atom. The van der Waals surface area contributed by atoms with Crippen LogP contribution in [0.15, 0.2) is 47.3 Å². The summed E-state index contributed by atoms with van der Waals surface area (Å²) < 4.78 is 9.71. The fourth-order valence-electron chi connectivity index (χ4n) is 2.90. The van der Waals surface area contributed by atoms with Crippen molar-refractivity contribution in [1.82, 2.24) is 5.32 Å². The van der Waals surface area contributed by atoms with Gasteiger partial charge >= 0.3 is 5.97 Å². The summed E-state index contributed by atoms with van der Waals surface area (Å²) in [5.41, 5.74) is 0.996. The lowest BCUT2D eigenvalue weighted by atomic mass is 10.1. The Hall–Kier alpha value is -3.09. The van der Waals surface area contributed by atoms with Crippen molar-refractivity contribution in [2.24, 2.45) is 0 Å². The van der Waals surface area contributed by atoms with Gasteiger partial charge in [0, 0.05) is 6.04 Å². The van der Waals surface area contributed by atoms with Crippen LogP contribution in [-0.4, -0.2) is 30.4 Å². The molecular formula is C19H20N2O5. The van der Waals surface area contributed by atoms with Crippen molar-refractivity contribution in [2.45, 2.75) is 31.7 Å². The predicted octanol–water partition coefficient (Wildman–Crippen LogP) is 2.75. The van der Waals surface area contributed by atoms with Gasteiger partial charge < -0.3 is 19.8 Å². The van der Waals surface area contributed by atoms with Crippen molar-refractivity contribution in [3.05, 3.63) is 54.0 Å². The maximum Gasteiger partial charge on any atom is 0.341 e. The molecule has 26 heavy (non-hydrogen) atoms. The van der Waals surface area contributed by atoms with Crippen LogP contribution in [0.1, 0.15) is 46.4 Å². The number of ether oxygens (including phenoxy) is 1. The second kappa shape index (κ2) is 8.33. The third-order valence-electron chi connectivity index (χ3n) is 4.23. The minimum atomic E-state index is -0.652. The molecular weight excluding hydrogens is 336 g/mol. The minimum Gasteiger partial charge on any atom is -0.472 e. The second-order valence-electron chi connectivity index (χ2n) is 6.14. The highest BCUT2D eigenvalue weighted by Crippen LogP contribution is 2.20. The molecule has 1 aliphatic carbocycles. The Balaban J connectivity index is 1.57. The molecule has 1 aromatic carbocycles. The molecule has 1 heterocycles. The zero-order chi connectivity index (χ0) is 18.4. The summed E-state index contributed by atoms with van der Waals surface area (Å²) in [6.07, 6.45) is 6.77. The molecule has 3 rings (SSSR count). The lowest BCUT2D eigenvalue weighted by Crippen LogP contribution is -2.33. The van der Waals surface area contributed by atoms with Crippen LogP contribution in [0.4, 0.5) is 5.69 Å². The van der Waals surface area contributed by atoms with Gasteiger partial charge in [0.05, 0.1) is 23.1 Å². The van der Waals surface area contributed by atoms with Crippen LogP contribution in [0.3, 0.4) is 0 Å². The van der Waals surface area contributed by atoms with Gasteiger partial charge in [-0.1, -0.05) is 25.0 Å². The third kappa shape index (κ3) is 4.50. The van der Waals surface area contributed by atoms with Gasteiger partial charge in [-0.05, 0) is 31.0 Å². The fourth-order valence-corrected chi connectivity index (χ4v) is 2.90. The molecule has 1 saturated carbocycles. The first-order chi connectivity index (χ1) is 12.6. The Morgan fingerprint density at radius 3 is 2.62 bits per heavy atom. The van der Waals surface area contributed by atoms with E-state index in [1.807, 2.05) is 0 Å². The van der Waals surface area contributed by atoms with Gasteiger partial charge in [0.2, 0.25) is 0 Å². The molecule has 0 unspecified atom stereocenters. The van der Waals surface area contributed by atoms with Gasteiger partial charge in [-0.3, -0.25) is 9.59 Å². The van der Waals surface area contributed by atoms with Gasteiger partial charge in [-0.15, -0.1) is 0 Å². The quantitative estimate of drug-likeness (QED) is 0.776. The first-order valence-electron chi connectivity index (χ1n) is 8.52. The molecule has 2 aromatic rings. The van der Waals surface area contributed by atoms with Gasteiger partial charge in [0.15, 0.2) is 6.61 Å². The van der Waals surface area contributed by atoms with Crippen LogP contribution in [-0.2, 0) is 9.53 Å². The van der Waals surface area contributed by atoms with E-state index in [1.165, 1.54) is 18.6 Å². The monoisotopic (exact) mass is 356 g/mol. The van der Waals surface area contributed by atoms with Crippen LogP contribution in [0.2, 0.25) is 0 Å².